The Hall–Kier alpha value is -2.90. The molecule has 8 heteroatoms. The lowest BCUT2D eigenvalue weighted by atomic mass is 10.1. The highest BCUT2D eigenvalue weighted by atomic mass is 16.5. The second-order valence-corrected chi connectivity index (χ2v) is 8.11. The number of hydrogen-bond acceptors (Lipinski definition) is 6. The number of amides is 2. The maximum absolute atomic E-state index is 13.1. The summed E-state index contributed by atoms with van der Waals surface area (Å²) in [6.07, 6.45) is 3.53. The Bertz CT molecular complexity index is 937. The normalized spacial score (nSPS) is 18.5. The van der Waals surface area contributed by atoms with E-state index in [1.807, 2.05) is 34.9 Å². The van der Waals surface area contributed by atoms with Gasteiger partial charge in [0.2, 0.25) is 11.8 Å². The van der Waals surface area contributed by atoms with Crippen LogP contribution in [0, 0.1) is 6.92 Å². The maximum Gasteiger partial charge on any atom is 0.254 e. The van der Waals surface area contributed by atoms with E-state index in [1.54, 1.807) is 14.0 Å². The van der Waals surface area contributed by atoms with Crippen molar-refractivity contribution in [2.75, 3.05) is 26.7 Å². The lowest BCUT2D eigenvalue weighted by Crippen LogP contribution is -2.42. The van der Waals surface area contributed by atoms with Crippen LogP contribution in [0.3, 0.4) is 0 Å². The SMILES string of the molecule is COc1cccc(C(=O)N2CCC(N(CCc3noc(C4CC4)n3)C(C)=O)C2)c1C. The quantitative estimate of drug-likeness (QED) is 0.694. The minimum absolute atomic E-state index is 0.00206. The van der Waals surface area contributed by atoms with E-state index in [9.17, 15) is 9.59 Å². The molecule has 1 unspecified atom stereocenters. The van der Waals surface area contributed by atoms with Crippen LogP contribution in [0.5, 0.6) is 5.75 Å². The number of methoxy groups -OCH3 is 1. The van der Waals surface area contributed by atoms with Crippen molar-refractivity contribution in [2.45, 2.75) is 51.5 Å². The third-order valence-corrected chi connectivity index (χ3v) is 6.02. The molecule has 1 aromatic carbocycles. The van der Waals surface area contributed by atoms with E-state index in [1.165, 1.54) is 0 Å². The van der Waals surface area contributed by atoms with E-state index >= 15 is 0 Å². The number of likely N-dealkylation sites (tertiary alicyclic amines) is 1. The van der Waals surface area contributed by atoms with Crippen molar-refractivity contribution in [2.24, 2.45) is 0 Å². The van der Waals surface area contributed by atoms with Gasteiger partial charge in [-0.05, 0) is 38.3 Å². The van der Waals surface area contributed by atoms with Crippen LogP contribution in [0.25, 0.3) is 0 Å². The van der Waals surface area contributed by atoms with Gasteiger partial charge in [0, 0.05) is 50.0 Å². The van der Waals surface area contributed by atoms with Gasteiger partial charge in [0.25, 0.3) is 5.91 Å². The van der Waals surface area contributed by atoms with Crippen LogP contribution in [0.4, 0.5) is 0 Å². The highest BCUT2D eigenvalue weighted by Gasteiger charge is 2.33. The van der Waals surface area contributed by atoms with E-state index in [2.05, 4.69) is 10.1 Å². The summed E-state index contributed by atoms with van der Waals surface area (Å²) in [5.41, 5.74) is 1.48. The predicted octanol–water partition coefficient (Wildman–Crippen LogP) is 2.57. The number of aromatic nitrogens is 2. The van der Waals surface area contributed by atoms with Gasteiger partial charge in [-0.3, -0.25) is 9.59 Å². The molecule has 1 atom stereocenters. The zero-order valence-electron chi connectivity index (χ0n) is 17.8. The highest BCUT2D eigenvalue weighted by molar-refractivity contribution is 5.96. The minimum atomic E-state index is -0.0235. The molecule has 0 spiro atoms. The molecule has 1 aromatic heterocycles. The Labute approximate surface area is 176 Å². The first-order chi connectivity index (χ1) is 14.5. The zero-order chi connectivity index (χ0) is 21.3. The fourth-order valence-corrected chi connectivity index (χ4v) is 4.10. The summed E-state index contributed by atoms with van der Waals surface area (Å²) in [6.45, 7) is 5.13. The van der Waals surface area contributed by atoms with Crippen LogP contribution in [0.1, 0.15) is 59.7 Å². The highest BCUT2D eigenvalue weighted by Crippen LogP contribution is 2.38. The van der Waals surface area contributed by atoms with Crippen LogP contribution in [0.2, 0.25) is 0 Å². The van der Waals surface area contributed by atoms with Gasteiger partial charge in [-0.15, -0.1) is 0 Å². The van der Waals surface area contributed by atoms with Crippen molar-refractivity contribution in [3.63, 3.8) is 0 Å². The molecule has 4 rings (SSSR count). The number of ether oxygens (including phenoxy) is 1. The lowest BCUT2D eigenvalue weighted by Gasteiger charge is -2.28. The van der Waals surface area contributed by atoms with Gasteiger partial charge >= 0.3 is 0 Å². The molecule has 1 saturated carbocycles. The monoisotopic (exact) mass is 412 g/mol. The van der Waals surface area contributed by atoms with Crippen molar-refractivity contribution in [1.29, 1.82) is 0 Å². The lowest BCUT2D eigenvalue weighted by molar-refractivity contribution is -0.130. The first-order valence-electron chi connectivity index (χ1n) is 10.5. The third-order valence-electron chi connectivity index (χ3n) is 6.02. The molecule has 1 aliphatic heterocycles. The van der Waals surface area contributed by atoms with Crippen LogP contribution < -0.4 is 4.74 Å². The summed E-state index contributed by atoms with van der Waals surface area (Å²) in [6, 6.07) is 5.49. The van der Waals surface area contributed by atoms with Gasteiger partial charge in [-0.1, -0.05) is 11.2 Å². The molecule has 2 aliphatic rings. The smallest absolute Gasteiger partial charge is 0.254 e. The van der Waals surface area contributed by atoms with Crippen LogP contribution >= 0.6 is 0 Å². The molecular formula is C22H28N4O4. The topological polar surface area (TPSA) is 88.8 Å². The third kappa shape index (κ3) is 4.17. The fraction of sp³-hybridized carbons (Fsp3) is 0.545. The fourth-order valence-electron chi connectivity index (χ4n) is 4.10. The standard InChI is InChI=1S/C22H28N4O4/c1-14-18(5-4-6-19(14)29-3)22(28)25-11-9-17(13-25)26(15(2)27)12-10-20-23-21(30-24-20)16-7-8-16/h4-6,16-17H,7-13H2,1-3H3. The van der Waals surface area contributed by atoms with E-state index in [0.717, 1.165) is 24.8 Å². The van der Waals surface area contributed by atoms with Gasteiger partial charge in [0.15, 0.2) is 5.82 Å². The minimum Gasteiger partial charge on any atom is -0.496 e. The Kier molecular flexibility index (Phi) is 5.74. The summed E-state index contributed by atoms with van der Waals surface area (Å²) in [4.78, 5) is 33.5. The number of benzene rings is 1. The van der Waals surface area contributed by atoms with Gasteiger partial charge in [0.1, 0.15) is 5.75 Å². The molecule has 30 heavy (non-hydrogen) atoms. The molecule has 160 valence electrons. The number of nitrogens with zero attached hydrogens (tertiary/aromatic N) is 4. The molecule has 8 nitrogen and oxygen atoms in total. The number of carbonyl (C=O) groups excluding carboxylic acids is 2. The van der Waals surface area contributed by atoms with Gasteiger partial charge in [-0.25, -0.2) is 0 Å². The summed E-state index contributed by atoms with van der Waals surface area (Å²) < 4.78 is 10.6. The Morgan fingerprint density at radius 1 is 1.30 bits per heavy atom. The van der Waals surface area contributed by atoms with Crippen LogP contribution in [-0.2, 0) is 11.2 Å². The van der Waals surface area contributed by atoms with Gasteiger partial charge in [0.05, 0.1) is 13.2 Å². The Balaban J connectivity index is 1.39. The average molecular weight is 412 g/mol. The predicted molar refractivity (Wildman–Crippen MR) is 109 cm³/mol. The number of carbonyl (C=O) groups is 2. The van der Waals surface area contributed by atoms with Crippen molar-refractivity contribution < 1.29 is 18.8 Å². The maximum atomic E-state index is 13.1. The van der Waals surface area contributed by atoms with Crippen molar-refractivity contribution in [1.82, 2.24) is 19.9 Å². The summed E-state index contributed by atoms with van der Waals surface area (Å²) in [5, 5.41) is 4.04. The van der Waals surface area contributed by atoms with E-state index < -0.39 is 0 Å². The van der Waals surface area contributed by atoms with Crippen molar-refractivity contribution in [3.8, 4) is 5.75 Å². The Morgan fingerprint density at radius 2 is 2.10 bits per heavy atom. The molecule has 2 heterocycles. The molecule has 0 radical (unpaired) electrons. The van der Waals surface area contributed by atoms with Crippen molar-refractivity contribution in [3.05, 3.63) is 41.0 Å². The second kappa shape index (κ2) is 8.45. The van der Waals surface area contributed by atoms with E-state index in [4.69, 9.17) is 9.26 Å². The molecule has 2 amide bonds. The number of rotatable bonds is 7. The average Bonchev–Trinajstić information content (AvgIpc) is 3.28. The first-order valence-corrected chi connectivity index (χ1v) is 10.5. The Morgan fingerprint density at radius 3 is 2.80 bits per heavy atom. The van der Waals surface area contributed by atoms with Crippen LogP contribution in [-0.4, -0.2) is 64.5 Å². The second-order valence-electron chi connectivity index (χ2n) is 8.11. The van der Waals surface area contributed by atoms with E-state index in [-0.39, 0.29) is 17.9 Å². The molecule has 0 N–H and O–H groups in total. The summed E-state index contributed by atoms with van der Waals surface area (Å²) in [5.74, 6) is 2.45. The number of hydrogen-bond donors (Lipinski definition) is 0. The van der Waals surface area contributed by atoms with Crippen LogP contribution in [0.15, 0.2) is 22.7 Å². The molecule has 2 aromatic rings. The molecule has 2 fully saturated rings. The first kappa shape index (κ1) is 20.4. The van der Waals surface area contributed by atoms with Gasteiger partial charge < -0.3 is 19.1 Å². The molecule has 1 aliphatic carbocycles. The van der Waals surface area contributed by atoms with Crippen molar-refractivity contribution >= 4 is 11.8 Å². The molecule has 0 bridgehead atoms. The van der Waals surface area contributed by atoms with Gasteiger partial charge in [-0.2, -0.15) is 4.98 Å². The summed E-state index contributed by atoms with van der Waals surface area (Å²) in [7, 11) is 1.60. The molecular weight excluding hydrogens is 384 g/mol. The summed E-state index contributed by atoms with van der Waals surface area (Å²) >= 11 is 0. The van der Waals surface area contributed by atoms with E-state index in [0.29, 0.717) is 55.0 Å². The zero-order valence-corrected chi connectivity index (χ0v) is 17.8. The molecule has 1 saturated heterocycles. The largest absolute Gasteiger partial charge is 0.496 e.